The molecule has 6 nitrogen and oxygen atoms in total. The standard InChI is InChI=1S/C8H18NO.C4BN4/c1-3-10-8-9(2)6-4-5-7-9;6-1-5(2-7,3-8)4-9/h3-8H2,1-2H3;/q+1;-1. The van der Waals surface area contributed by atoms with Crippen LogP contribution in [0.3, 0.4) is 0 Å². The molecule has 0 aromatic heterocycles. The van der Waals surface area contributed by atoms with Crippen LogP contribution >= 0.6 is 0 Å². The van der Waals surface area contributed by atoms with Gasteiger partial charge in [-0.15, -0.1) is 23.9 Å². The fraction of sp³-hybridized carbons (Fsp3) is 0.667. The molecule has 0 unspecified atom stereocenters. The Morgan fingerprint density at radius 3 is 1.68 bits per heavy atom. The molecule has 1 rings (SSSR count). The van der Waals surface area contributed by atoms with Gasteiger partial charge in [0, 0.05) is 19.4 Å². The van der Waals surface area contributed by atoms with Crippen LogP contribution in [0.1, 0.15) is 19.8 Å². The van der Waals surface area contributed by atoms with E-state index in [2.05, 4.69) is 14.0 Å². The molecule has 0 spiro atoms. The van der Waals surface area contributed by atoms with E-state index in [1.165, 1.54) is 49.8 Å². The Labute approximate surface area is 114 Å². The van der Waals surface area contributed by atoms with Crippen LogP contribution < -0.4 is 0 Å². The lowest BCUT2D eigenvalue weighted by atomic mass is 9.30. The first-order chi connectivity index (χ1) is 9.01. The Balaban J connectivity index is 0.000000344. The van der Waals surface area contributed by atoms with Crippen molar-refractivity contribution in [1.82, 2.24) is 0 Å². The number of quaternary nitrogens is 1. The van der Waals surface area contributed by atoms with E-state index in [4.69, 9.17) is 25.8 Å². The minimum absolute atomic E-state index is 0.855. The Hall–Kier alpha value is -2.06. The largest absolute Gasteiger partial charge is 0.383 e. The van der Waals surface area contributed by atoms with Crippen molar-refractivity contribution in [3.05, 3.63) is 0 Å². The Morgan fingerprint density at radius 2 is 1.42 bits per heavy atom. The van der Waals surface area contributed by atoms with Gasteiger partial charge in [0.2, 0.25) is 0 Å². The highest BCUT2D eigenvalue weighted by Gasteiger charge is 2.26. The predicted molar refractivity (Wildman–Crippen MR) is 69.9 cm³/mol. The van der Waals surface area contributed by atoms with E-state index in [-0.39, 0.29) is 0 Å². The van der Waals surface area contributed by atoms with Crippen LogP contribution in [-0.2, 0) is 4.74 Å². The summed E-state index contributed by atoms with van der Waals surface area (Å²) in [6.07, 6.45) is 0.0349. The first-order valence-electron chi connectivity index (χ1n) is 6.23. The molecule has 1 fully saturated rings. The summed E-state index contributed by atoms with van der Waals surface area (Å²) < 4.78 is 6.53. The van der Waals surface area contributed by atoms with Gasteiger partial charge in [-0.25, -0.2) is 21.0 Å². The highest BCUT2D eigenvalue weighted by atomic mass is 16.5. The van der Waals surface area contributed by atoms with Crippen LogP contribution in [0.4, 0.5) is 0 Å². The van der Waals surface area contributed by atoms with E-state index < -0.39 is 6.15 Å². The lowest BCUT2D eigenvalue weighted by Crippen LogP contribution is -2.42. The molecule has 1 saturated heterocycles. The molecule has 0 saturated carbocycles. The van der Waals surface area contributed by atoms with Crippen LogP contribution in [0.15, 0.2) is 0 Å². The third kappa shape index (κ3) is 5.41. The normalized spacial score (nSPS) is 15.9. The van der Waals surface area contributed by atoms with E-state index in [0.717, 1.165) is 17.8 Å². The van der Waals surface area contributed by atoms with Gasteiger partial charge in [-0.2, -0.15) is 0 Å². The zero-order chi connectivity index (χ0) is 14.8. The predicted octanol–water partition coefficient (Wildman–Crippen LogP) is 0.907. The smallest absolute Gasteiger partial charge is 0.332 e. The molecule has 1 heterocycles. The molecule has 0 atom stereocenters. The third-order valence-corrected chi connectivity index (χ3v) is 3.03. The maximum Gasteiger partial charge on any atom is 0.383 e. The average molecular weight is 259 g/mol. The fourth-order valence-electron chi connectivity index (χ4n) is 1.71. The second-order valence-electron chi connectivity index (χ2n) is 4.78. The molecular formula is C12H18BN5O. The van der Waals surface area contributed by atoms with Crippen molar-refractivity contribution < 1.29 is 9.22 Å². The van der Waals surface area contributed by atoms with Gasteiger partial charge in [-0.3, -0.25) is 0 Å². The van der Waals surface area contributed by atoms with E-state index in [0.29, 0.717) is 0 Å². The lowest BCUT2D eigenvalue weighted by molar-refractivity contribution is -0.916. The Kier molecular flexibility index (Phi) is 7.24. The lowest BCUT2D eigenvalue weighted by Gasteiger charge is -2.27. The highest BCUT2D eigenvalue weighted by Crippen LogP contribution is 2.15. The van der Waals surface area contributed by atoms with Gasteiger partial charge in [0.25, 0.3) is 0 Å². The number of hydrogen-bond donors (Lipinski definition) is 0. The van der Waals surface area contributed by atoms with Crippen molar-refractivity contribution in [2.45, 2.75) is 19.8 Å². The fourth-order valence-corrected chi connectivity index (χ4v) is 1.71. The second-order valence-corrected chi connectivity index (χ2v) is 4.78. The summed E-state index contributed by atoms with van der Waals surface area (Å²) in [7, 11) is 2.28. The molecule has 0 bridgehead atoms. The van der Waals surface area contributed by atoms with Crippen molar-refractivity contribution in [2.75, 3.05) is 33.5 Å². The minimum Gasteiger partial charge on any atom is -0.332 e. The monoisotopic (exact) mass is 259 g/mol. The SMILES string of the molecule is CCOC[N+]1(C)CCCC1.N#C[B-](C#N)(C#N)C#N. The Bertz CT molecular complexity index is 383. The Morgan fingerprint density at radius 1 is 1.00 bits per heavy atom. The van der Waals surface area contributed by atoms with Crippen LogP contribution in [-0.4, -0.2) is 44.1 Å². The summed E-state index contributed by atoms with van der Waals surface area (Å²) in [6.45, 7) is 6.44. The quantitative estimate of drug-likeness (QED) is 0.553. The van der Waals surface area contributed by atoms with Crippen molar-refractivity contribution in [2.24, 2.45) is 0 Å². The topological polar surface area (TPSA) is 104 Å². The van der Waals surface area contributed by atoms with Gasteiger partial charge in [0.05, 0.1) is 20.1 Å². The molecule has 7 heteroatoms. The maximum absolute atomic E-state index is 8.09. The molecule has 1 aliphatic heterocycles. The second kappa shape index (κ2) is 8.12. The van der Waals surface area contributed by atoms with E-state index in [9.17, 15) is 0 Å². The number of nitriles is 4. The van der Waals surface area contributed by atoms with E-state index in [1.807, 2.05) is 0 Å². The van der Waals surface area contributed by atoms with E-state index >= 15 is 0 Å². The summed E-state index contributed by atoms with van der Waals surface area (Å²) in [4.78, 5) is 0. The average Bonchev–Trinajstić information content (AvgIpc) is 2.88. The molecule has 0 N–H and O–H groups in total. The number of likely N-dealkylation sites (tertiary alicyclic amines) is 1. The molecule has 0 radical (unpaired) electrons. The number of nitrogens with zero attached hydrogens (tertiary/aromatic N) is 5. The van der Waals surface area contributed by atoms with Crippen molar-refractivity contribution >= 4 is 6.15 Å². The van der Waals surface area contributed by atoms with Gasteiger partial charge in [-0.05, 0) is 6.92 Å². The first kappa shape index (κ1) is 16.9. The summed E-state index contributed by atoms with van der Waals surface area (Å²) in [5.74, 6) is 5.38. The minimum atomic E-state index is -2.72. The van der Waals surface area contributed by atoms with Crippen LogP contribution in [0, 0.1) is 44.9 Å². The van der Waals surface area contributed by atoms with Crippen LogP contribution in [0.5, 0.6) is 0 Å². The van der Waals surface area contributed by atoms with E-state index in [1.54, 1.807) is 0 Å². The molecule has 0 aliphatic carbocycles. The summed E-state index contributed by atoms with van der Waals surface area (Å²) in [6, 6.07) is 0. The van der Waals surface area contributed by atoms with Gasteiger partial charge < -0.3 is 9.22 Å². The van der Waals surface area contributed by atoms with Gasteiger partial charge in [0.1, 0.15) is 0 Å². The van der Waals surface area contributed by atoms with Crippen molar-refractivity contribution in [1.29, 1.82) is 21.0 Å². The zero-order valence-electron chi connectivity index (χ0n) is 11.5. The van der Waals surface area contributed by atoms with Crippen molar-refractivity contribution in [3.8, 4) is 23.9 Å². The summed E-state index contributed by atoms with van der Waals surface area (Å²) in [5.41, 5.74) is 0. The number of hydrogen-bond acceptors (Lipinski definition) is 5. The van der Waals surface area contributed by atoms with Gasteiger partial charge in [0.15, 0.2) is 6.73 Å². The van der Waals surface area contributed by atoms with Gasteiger partial charge in [-0.1, -0.05) is 0 Å². The molecule has 19 heavy (non-hydrogen) atoms. The number of ether oxygens (including phenoxy) is 1. The van der Waals surface area contributed by atoms with Crippen molar-refractivity contribution in [3.63, 3.8) is 0 Å². The van der Waals surface area contributed by atoms with Crippen LogP contribution in [0.25, 0.3) is 0 Å². The molecule has 100 valence electrons. The molecular weight excluding hydrogens is 241 g/mol. The van der Waals surface area contributed by atoms with Gasteiger partial charge >= 0.3 is 6.15 Å². The highest BCUT2D eigenvalue weighted by molar-refractivity contribution is 7.05. The van der Waals surface area contributed by atoms with Crippen LogP contribution in [0.2, 0.25) is 0 Å². The molecule has 0 aromatic rings. The number of rotatable bonds is 3. The molecule has 1 aliphatic rings. The summed E-state index contributed by atoms with van der Waals surface area (Å²) in [5, 5.41) is 32.3. The summed E-state index contributed by atoms with van der Waals surface area (Å²) >= 11 is 0. The third-order valence-electron chi connectivity index (χ3n) is 3.03. The molecule has 0 amide bonds. The zero-order valence-corrected chi connectivity index (χ0v) is 11.5. The molecule has 0 aromatic carbocycles. The first-order valence-corrected chi connectivity index (χ1v) is 6.23. The maximum atomic E-state index is 8.09.